The molecule has 6 nitrogen and oxygen atoms in total. The first kappa shape index (κ1) is 16.7. The summed E-state index contributed by atoms with van der Waals surface area (Å²) in [6.07, 6.45) is 5.33. The SMILES string of the molecule is C/C(=N\NC(=O)Nc1ccccc1Cl)c1ccc(-n2ccnc2)cc1. The lowest BCUT2D eigenvalue weighted by Crippen LogP contribution is -2.25. The topological polar surface area (TPSA) is 71.3 Å². The fourth-order valence-corrected chi connectivity index (χ4v) is 2.38. The lowest BCUT2D eigenvalue weighted by Gasteiger charge is -2.07. The Labute approximate surface area is 150 Å². The van der Waals surface area contributed by atoms with E-state index in [4.69, 9.17) is 11.6 Å². The standard InChI is InChI=1S/C18H16ClN5O/c1-13(14-6-8-15(9-7-14)24-11-10-20-12-24)22-23-18(25)21-17-5-3-2-4-16(17)19/h2-12H,1H3,(H2,21,23,25)/b22-13+. The number of nitrogens with one attached hydrogen (secondary N) is 2. The minimum absolute atomic E-state index is 0.456. The van der Waals surface area contributed by atoms with E-state index in [9.17, 15) is 4.79 Å². The van der Waals surface area contributed by atoms with Crippen molar-refractivity contribution in [1.29, 1.82) is 0 Å². The maximum atomic E-state index is 11.9. The number of hydrazone groups is 1. The molecule has 2 amide bonds. The summed E-state index contributed by atoms with van der Waals surface area (Å²) in [6.45, 7) is 1.82. The molecular weight excluding hydrogens is 338 g/mol. The number of carbonyl (C=O) groups excluding carboxylic acids is 1. The van der Waals surface area contributed by atoms with Gasteiger partial charge < -0.3 is 9.88 Å². The molecule has 0 aliphatic heterocycles. The molecule has 0 aliphatic carbocycles. The van der Waals surface area contributed by atoms with Crippen LogP contribution >= 0.6 is 11.6 Å². The molecule has 0 spiro atoms. The van der Waals surface area contributed by atoms with Crippen molar-refractivity contribution < 1.29 is 4.79 Å². The van der Waals surface area contributed by atoms with Gasteiger partial charge in [-0.15, -0.1) is 0 Å². The van der Waals surface area contributed by atoms with Crippen LogP contribution in [0.15, 0.2) is 72.4 Å². The summed E-state index contributed by atoms with van der Waals surface area (Å²) in [5, 5.41) is 7.22. The zero-order valence-corrected chi connectivity index (χ0v) is 14.2. The largest absolute Gasteiger partial charge is 0.339 e. The molecule has 2 N–H and O–H groups in total. The first-order valence-electron chi connectivity index (χ1n) is 7.58. The number of benzene rings is 2. The molecule has 0 atom stereocenters. The lowest BCUT2D eigenvalue weighted by molar-refractivity contribution is 0.252. The van der Waals surface area contributed by atoms with Crippen LogP contribution in [0.1, 0.15) is 12.5 Å². The average molecular weight is 354 g/mol. The zero-order valence-electron chi connectivity index (χ0n) is 13.5. The third-order valence-electron chi connectivity index (χ3n) is 3.53. The van der Waals surface area contributed by atoms with Crippen LogP contribution in [-0.2, 0) is 0 Å². The van der Waals surface area contributed by atoms with Crippen molar-refractivity contribution in [2.24, 2.45) is 5.10 Å². The number of carbonyl (C=O) groups is 1. The number of aromatic nitrogens is 2. The van der Waals surface area contributed by atoms with Gasteiger partial charge in [0.2, 0.25) is 0 Å². The van der Waals surface area contributed by atoms with E-state index >= 15 is 0 Å². The number of nitrogens with zero attached hydrogens (tertiary/aromatic N) is 3. The first-order valence-corrected chi connectivity index (χ1v) is 7.96. The van der Waals surface area contributed by atoms with Gasteiger partial charge in [0.1, 0.15) is 0 Å². The fraction of sp³-hybridized carbons (Fsp3) is 0.0556. The van der Waals surface area contributed by atoms with E-state index in [1.165, 1.54) is 0 Å². The second kappa shape index (κ2) is 7.63. The summed E-state index contributed by atoms with van der Waals surface area (Å²) < 4.78 is 1.91. The summed E-state index contributed by atoms with van der Waals surface area (Å²) in [6, 6.07) is 14.3. The highest BCUT2D eigenvalue weighted by molar-refractivity contribution is 6.33. The predicted octanol–water partition coefficient (Wildman–Crippen LogP) is 4.07. The van der Waals surface area contributed by atoms with E-state index in [0.29, 0.717) is 16.4 Å². The first-order chi connectivity index (χ1) is 12.1. The molecule has 7 heteroatoms. The number of rotatable bonds is 4. The van der Waals surface area contributed by atoms with Gasteiger partial charge >= 0.3 is 6.03 Å². The van der Waals surface area contributed by atoms with Crippen LogP contribution in [0.5, 0.6) is 0 Å². The Balaban J connectivity index is 1.63. The second-order valence-corrected chi connectivity index (χ2v) is 5.67. The number of hydrogen-bond donors (Lipinski definition) is 2. The smallest absolute Gasteiger partial charge is 0.306 e. The number of amides is 2. The van der Waals surface area contributed by atoms with E-state index in [1.807, 2.05) is 42.0 Å². The quantitative estimate of drug-likeness (QED) is 0.548. The van der Waals surface area contributed by atoms with Gasteiger partial charge in [0.05, 0.1) is 22.7 Å². The minimum Gasteiger partial charge on any atom is -0.306 e. The summed E-state index contributed by atoms with van der Waals surface area (Å²) in [4.78, 5) is 15.9. The highest BCUT2D eigenvalue weighted by Crippen LogP contribution is 2.20. The lowest BCUT2D eigenvalue weighted by atomic mass is 10.1. The Morgan fingerprint density at radius 3 is 2.60 bits per heavy atom. The maximum Gasteiger partial charge on any atom is 0.339 e. The van der Waals surface area contributed by atoms with E-state index < -0.39 is 6.03 Å². The highest BCUT2D eigenvalue weighted by atomic mass is 35.5. The molecule has 3 rings (SSSR count). The molecule has 0 radical (unpaired) electrons. The van der Waals surface area contributed by atoms with Crippen molar-refractivity contribution in [1.82, 2.24) is 15.0 Å². The number of halogens is 1. The van der Waals surface area contributed by atoms with Gasteiger partial charge in [0.25, 0.3) is 0 Å². The molecule has 2 aromatic carbocycles. The molecule has 3 aromatic rings. The van der Waals surface area contributed by atoms with Gasteiger partial charge in [-0.2, -0.15) is 5.10 Å². The number of anilines is 1. The normalized spacial score (nSPS) is 11.2. The monoisotopic (exact) mass is 353 g/mol. The predicted molar refractivity (Wildman–Crippen MR) is 99.4 cm³/mol. The van der Waals surface area contributed by atoms with Crippen molar-refractivity contribution >= 4 is 29.0 Å². The molecule has 126 valence electrons. The molecular formula is C18H16ClN5O. The molecule has 0 unspecified atom stereocenters. The van der Waals surface area contributed by atoms with Crippen LogP contribution in [0, 0.1) is 0 Å². The van der Waals surface area contributed by atoms with Gasteiger partial charge in [-0.3, -0.25) is 0 Å². The van der Waals surface area contributed by atoms with Crippen molar-refractivity contribution in [3.63, 3.8) is 0 Å². The second-order valence-electron chi connectivity index (χ2n) is 5.26. The van der Waals surface area contributed by atoms with Gasteiger partial charge in [-0.25, -0.2) is 15.2 Å². The van der Waals surface area contributed by atoms with Crippen LogP contribution in [0.3, 0.4) is 0 Å². The van der Waals surface area contributed by atoms with Gasteiger partial charge in [-0.05, 0) is 36.8 Å². The van der Waals surface area contributed by atoms with Gasteiger partial charge in [0, 0.05) is 18.1 Å². The van der Waals surface area contributed by atoms with Gasteiger partial charge in [0.15, 0.2) is 0 Å². The zero-order chi connectivity index (χ0) is 17.6. The Bertz CT molecular complexity index is 888. The van der Waals surface area contributed by atoms with E-state index in [1.54, 1.807) is 36.8 Å². The third-order valence-corrected chi connectivity index (χ3v) is 3.86. The van der Waals surface area contributed by atoms with Crippen molar-refractivity contribution in [2.45, 2.75) is 6.92 Å². The number of hydrogen-bond acceptors (Lipinski definition) is 3. The highest BCUT2D eigenvalue weighted by Gasteiger charge is 2.05. The minimum atomic E-state index is -0.456. The van der Waals surface area contributed by atoms with Crippen LogP contribution in [0.2, 0.25) is 5.02 Å². The van der Waals surface area contributed by atoms with Gasteiger partial charge in [-0.1, -0.05) is 35.9 Å². The summed E-state index contributed by atoms with van der Waals surface area (Å²) >= 11 is 6.00. The Morgan fingerprint density at radius 1 is 1.16 bits per heavy atom. The Morgan fingerprint density at radius 2 is 1.92 bits per heavy atom. The average Bonchev–Trinajstić information content (AvgIpc) is 3.16. The van der Waals surface area contributed by atoms with E-state index in [-0.39, 0.29) is 0 Å². The molecule has 0 saturated carbocycles. The molecule has 0 aliphatic rings. The molecule has 0 bridgehead atoms. The van der Waals surface area contributed by atoms with Crippen LogP contribution in [0.4, 0.5) is 10.5 Å². The van der Waals surface area contributed by atoms with Crippen molar-refractivity contribution in [3.05, 3.63) is 77.8 Å². The van der Waals surface area contributed by atoms with Crippen molar-refractivity contribution in [3.8, 4) is 5.69 Å². The molecule has 0 fully saturated rings. The summed E-state index contributed by atoms with van der Waals surface area (Å²) in [5.74, 6) is 0. The number of urea groups is 1. The Kier molecular flexibility index (Phi) is 5.11. The fourth-order valence-electron chi connectivity index (χ4n) is 2.20. The number of para-hydroxylation sites is 1. The third kappa shape index (κ3) is 4.24. The summed E-state index contributed by atoms with van der Waals surface area (Å²) in [5.41, 5.74) is 5.58. The van der Waals surface area contributed by atoms with E-state index in [2.05, 4.69) is 20.8 Å². The summed E-state index contributed by atoms with van der Waals surface area (Å²) in [7, 11) is 0. The van der Waals surface area contributed by atoms with Crippen LogP contribution in [0.25, 0.3) is 5.69 Å². The van der Waals surface area contributed by atoms with E-state index in [0.717, 1.165) is 11.3 Å². The molecule has 1 heterocycles. The van der Waals surface area contributed by atoms with Crippen LogP contribution < -0.4 is 10.7 Å². The molecule has 1 aromatic heterocycles. The van der Waals surface area contributed by atoms with Crippen LogP contribution in [-0.4, -0.2) is 21.3 Å². The maximum absolute atomic E-state index is 11.9. The number of imidazole rings is 1. The molecule has 25 heavy (non-hydrogen) atoms. The van der Waals surface area contributed by atoms with Crippen molar-refractivity contribution in [2.75, 3.05) is 5.32 Å². The Hall–Kier alpha value is -3.12. The molecule has 0 saturated heterocycles.